The van der Waals surface area contributed by atoms with Crippen LogP contribution in [0, 0.1) is 0 Å². The summed E-state index contributed by atoms with van der Waals surface area (Å²) in [6.07, 6.45) is -11.2. The van der Waals surface area contributed by atoms with Crippen LogP contribution in [0.4, 0.5) is 26.3 Å². The highest BCUT2D eigenvalue weighted by molar-refractivity contribution is 8.16. The molecule has 1 nitrogen and oxygen atoms in total. The van der Waals surface area contributed by atoms with Gasteiger partial charge in [-0.05, 0) is 0 Å². The minimum atomic E-state index is -5.61. The zero-order valence-electron chi connectivity index (χ0n) is 5.54. The molecular formula is C4HClF6OS. The zero-order valence-corrected chi connectivity index (χ0v) is 7.11. The highest BCUT2D eigenvalue weighted by atomic mass is 35.7. The van der Waals surface area contributed by atoms with Crippen molar-refractivity contribution in [2.75, 3.05) is 0 Å². The highest BCUT2D eigenvalue weighted by Gasteiger charge is 2.52. The molecule has 0 aromatic heterocycles. The molecule has 0 aromatic carbocycles. The Labute approximate surface area is 76.0 Å². The summed E-state index contributed by atoms with van der Waals surface area (Å²) in [6, 6.07) is 0. The molecule has 0 radical (unpaired) electrons. The van der Waals surface area contributed by atoms with Gasteiger partial charge in [0.15, 0.2) is 21.7 Å². The number of hydrogen-bond donors (Lipinski definition) is 0. The van der Waals surface area contributed by atoms with E-state index in [1.165, 1.54) is 0 Å². The fourth-order valence-electron chi connectivity index (χ4n) is 0.387. The van der Waals surface area contributed by atoms with Crippen molar-refractivity contribution in [1.82, 2.24) is 0 Å². The number of alkyl halides is 6. The maximum absolute atomic E-state index is 11.6. The lowest BCUT2D eigenvalue weighted by atomic mass is 10.3. The van der Waals surface area contributed by atoms with E-state index in [2.05, 4.69) is 10.7 Å². The van der Waals surface area contributed by atoms with Crippen molar-refractivity contribution < 1.29 is 30.9 Å². The average molecular weight is 247 g/mol. The van der Waals surface area contributed by atoms with E-state index in [0.29, 0.717) is 0 Å². The summed E-state index contributed by atoms with van der Waals surface area (Å²) in [6.45, 7) is 0. The molecule has 0 amide bonds. The molecule has 0 heterocycles. The minimum absolute atomic E-state index is 0.596. The van der Waals surface area contributed by atoms with Crippen molar-refractivity contribution >= 4 is 21.1 Å². The number of rotatable bonds is 1. The molecule has 0 aliphatic rings. The van der Waals surface area contributed by atoms with Crippen LogP contribution in [-0.2, 0) is 10.4 Å². The highest BCUT2D eigenvalue weighted by Crippen LogP contribution is 2.39. The standard InChI is InChI=1S/C4HClF6OS/c5-13(12)1-2(3(6,7)8)4(9,10)11/h1H. The fourth-order valence-corrected chi connectivity index (χ4v) is 1.11. The van der Waals surface area contributed by atoms with Gasteiger partial charge in [-0.1, -0.05) is 0 Å². The molecule has 1 unspecified atom stereocenters. The van der Waals surface area contributed by atoms with Gasteiger partial charge in [-0.3, -0.25) is 0 Å². The van der Waals surface area contributed by atoms with Crippen molar-refractivity contribution in [2.45, 2.75) is 12.4 Å². The van der Waals surface area contributed by atoms with Gasteiger partial charge in [0.05, 0.1) is 10.4 Å². The van der Waals surface area contributed by atoms with Crippen molar-refractivity contribution in [3.63, 3.8) is 0 Å². The molecule has 13 heavy (non-hydrogen) atoms. The Bertz CT molecular complexity index is 190. The molecular weight excluding hydrogens is 246 g/mol. The van der Waals surface area contributed by atoms with Crippen LogP contribution < -0.4 is 0 Å². The van der Waals surface area contributed by atoms with Crippen LogP contribution in [0.15, 0.2) is 11.0 Å². The zero-order chi connectivity index (χ0) is 10.9. The first-order valence-electron chi connectivity index (χ1n) is 2.48. The van der Waals surface area contributed by atoms with Gasteiger partial charge in [-0.15, -0.1) is 0 Å². The summed E-state index contributed by atoms with van der Waals surface area (Å²) in [5, 5.41) is -0.596. The van der Waals surface area contributed by atoms with Crippen molar-refractivity contribution in [3.05, 3.63) is 11.0 Å². The molecule has 0 rings (SSSR count). The van der Waals surface area contributed by atoms with E-state index in [9.17, 15) is 30.9 Å². The number of halogens is 7. The van der Waals surface area contributed by atoms with E-state index in [-0.39, 0.29) is 0 Å². The third kappa shape index (κ3) is 4.63. The first-order valence-corrected chi connectivity index (χ1v) is 4.52. The smallest absolute Gasteiger partial charge is 0.425 e. The van der Waals surface area contributed by atoms with Gasteiger partial charge >= 0.3 is 12.4 Å². The van der Waals surface area contributed by atoms with E-state index in [4.69, 9.17) is 0 Å². The largest absolute Gasteiger partial charge is 0.595 e. The van der Waals surface area contributed by atoms with Crippen LogP contribution in [0.25, 0.3) is 0 Å². The summed E-state index contributed by atoms with van der Waals surface area (Å²) in [5.41, 5.74) is -2.87. The van der Waals surface area contributed by atoms with Crippen LogP contribution in [0.1, 0.15) is 0 Å². The second-order valence-corrected chi connectivity index (χ2v) is 3.42. The Balaban J connectivity index is 5.01. The summed E-state index contributed by atoms with van der Waals surface area (Å²) >= 11 is 0. The quantitative estimate of drug-likeness (QED) is 0.515. The first-order chi connectivity index (χ1) is 5.55. The van der Waals surface area contributed by atoms with E-state index >= 15 is 0 Å². The van der Waals surface area contributed by atoms with Gasteiger partial charge in [-0.2, -0.15) is 26.3 Å². The predicted octanol–water partition coefficient (Wildman–Crippen LogP) is 2.90. The van der Waals surface area contributed by atoms with Crippen LogP contribution in [-0.4, -0.2) is 16.9 Å². The van der Waals surface area contributed by atoms with E-state index in [1.807, 2.05) is 0 Å². The maximum Gasteiger partial charge on any atom is 0.425 e. The SMILES string of the molecule is [O-][S+](Cl)C=C(C(F)(F)F)C(F)(F)F. The molecule has 0 aliphatic carbocycles. The fraction of sp³-hybridized carbons (Fsp3) is 0.500. The lowest BCUT2D eigenvalue weighted by Gasteiger charge is -2.13. The van der Waals surface area contributed by atoms with Gasteiger partial charge in [0, 0.05) is 0 Å². The van der Waals surface area contributed by atoms with Gasteiger partial charge in [-0.25, -0.2) is 0 Å². The Morgan fingerprint density at radius 2 is 1.38 bits per heavy atom. The van der Waals surface area contributed by atoms with E-state index in [1.54, 1.807) is 0 Å². The monoisotopic (exact) mass is 246 g/mol. The van der Waals surface area contributed by atoms with Gasteiger partial charge in [0.1, 0.15) is 0 Å². The molecule has 0 bridgehead atoms. The minimum Gasteiger partial charge on any atom is -0.595 e. The third-order valence-electron chi connectivity index (χ3n) is 0.821. The van der Waals surface area contributed by atoms with Crippen molar-refractivity contribution in [2.24, 2.45) is 0 Å². The van der Waals surface area contributed by atoms with Gasteiger partial charge in [0.2, 0.25) is 0 Å². The van der Waals surface area contributed by atoms with E-state index in [0.717, 1.165) is 0 Å². The third-order valence-corrected chi connectivity index (χ3v) is 1.51. The van der Waals surface area contributed by atoms with Crippen LogP contribution in [0.2, 0.25) is 0 Å². The topological polar surface area (TPSA) is 23.1 Å². The lowest BCUT2D eigenvalue weighted by molar-refractivity contribution is -0.171. The Morgan fingerprint density at radius 1 is 1.08 bits per heavy atom. The van der Waals surface area contributed by atoms with Crippen LogP contribution in [0.5, 0.6) is 0 Å². The molecule has 0 N–H and O–H groups in total. The van der Waals surface area contributed by atoms with Crippen molar-refractivity contribution in [3.8, 4) is 0 Å². The molecule has 0 aliphatic heterocycles. The Morgan fingerprint density at radius 3 is 1.46 bits per heavy atom. The maximum atomic E-state index is 11.6. The number of allylic oxidation sites excluding steroid dienone is 1. The molecule has 0 spiro atoms. The van der Waals surface area contributed by atoms with Crippen LogP contribution >= 0.6 is 10.7 Å². The summed E-state index contributed by atoms with van der Waals surface area (Å²) < 4.78 is 79.5. The molecule has 78 valence electrons. The Kier molecular flexibility index (Phi) is 3.95. The predicted molar refractivity (Wildman–Crippen MR) is 34.2 cm³/mol. The van der Waals surface area contributed by atoms with Crippen molar-refractivity contribution in [1.29, 1.82) is 0 Å². The molecule has 0 aromatic rings. The summed E-state index contributed by atoms with van der Waals surface area (Å²) in [5.74, 6) is 0. The summed E-state index contributed by atoms with van der Waals surface area (Å²) in [7, 11) is 1.66. The molecule has 0 saturated heterocycles. The molecule has 0 saturated carbocycles. The average Bonchev–Trinajstić information content (AvgIpc) is 1.77. The van der Waals surface area contributed by atoms with Crippen LogP contribution in [0.3, 0.4) is 0 Å². The summed E-state index contributed by atoms with van der Waals surface area (Å²) in [4.78, 5) is 0. The van der Waals surface area contributed by atoms with Gasteiger partial charge < -0.3 is 4.55 Å². The second-order valence-electron chi connectivity index (χ2n) is 1.78. The molecule has 9 heteroatoms. The lowest BCUT2D eigenvalue weighted by Crippen LogP contribution is -2.26. The Hall–Kier alpha value is -0.0800. The van der Waals surface area contributed by atoms with E-state index < -0.39 is 33.7 Å². The molecule has 1 atom stereocenters. The normalized spacial score (nSPS) is 15.4. The number of hydrogen-bond acceptors (Lipinski definition) is 1. The van der Waals surface area contributed by atoms with Gasteiger partial charge in [0.25, 0.3) is 0 Å². The molecule has 0 fully saturated rings. The second kappa shape index (κ2) is 3.97. The first kappa shape index (κ1) is 12.9.